The molecule has 1 N–H and O–H groups in total. The molecule has 1 aromatic heterocycles. The molecular weight excluding hydrogens is 432 g/mol. The van der Waals surface area contributed by atoms with Crippen LogP contribution in [-0.2, 0) is 9.59 Å². The van der Waals surface area contributed by atoms with E-state index in [1.54, 1.807) is 54.7 Å². The molecule has 6 heteroatoms. The van der Waals surface area contributed by atoms with Crippen LogP contribution in [0.25, 0.3) is 5.76 Å². The molecule has 2 heterocycles. The smallest absolute Gasteiger partial charge is 0.300 e. The average molecular weight is 449 g/mol. The molecule has 4 rings (SSSR count). The molecule has 1 fully saturated rings. The molecule has 0 bridgehead atoms. The molecule has 5 nitrogen and oxygen atoms in total. The number of nitrogens with zero attached hydrogens (tertiary/aromatic N) is 2. The normalized spacial score (nSPS) is 18.3. The van der Waals surface area contributed by atoms with E-state index in [-0.39, 0.29) is 11.3 Å². The molecule has 1 aliphatic heterocycles. The van der Waals surface area contributed by atoms with Gasteiger partial charge in [-0.05, 0) is 42.8 Å². The van der Waals surface area contributed by atoms with Gasteiger partial charge in [0.05, 0.1) is 11.3 Å². The van der Waals surface area contributed by atoms with Crippen molar-refractivity contribution < 1.29 is 14.7 Å². The number of Topliss-reactive ketones (excluding diaryl/α,β-unsaturated/α-hetero) is 1. The van der Waals surface area contributed by atoms with Gasteiger partial charge >= 0.3 is 0 Å². The molecule has 0 saturated carbocycles. The molecule has 0 spiro atoms. The van der Waals surface area contributed by atoms with Crippen molar-refractivity contribution in [1.82, 2.24) is 4.98 Å². The molecule has 144 valence electrons. The molecular formula is C23H17BrN2O3. The van der Waals surface area contributed by atoms with E-state index in [2.05, 4.69) is 20.9 Å². The lowest BCUT2D eigenvalue weighted by Crippen LogP contribution is -2.30. The van der Waals surface area contributed by atoms with E-state index in [9.17, 15) is 14.7 Å². The molecule has 0 radical (unpaired) electrons. The van der Waals surface area contributed by atoms with Crippen LogP contribution >= 0.6 is 15.9 Å². The van der Waals surface area contributed by atoms with Gasteiger partial charge in [-0.2, -0.15) is 0 Å². The zero-order chi connectivity index (χ0) is 20.5. The number of ketones is 1. The highest BCUT2D eigenvalue weighted by Gasteiger charge is 2.47. The summed E-state index contributed by atoms with van der Waals surface area (Å²) in [6.45, 7) is 1.87. The van der Waals surface area contributed by atoms with Gasteiger partial charge in [-0.15, -0.1) is 0 Å². The summed E-state index contributed by atoms with van der Waals surface area (Å²) in [7, 11) is 0. The number of rotatable bonds is 3. The van der Waals surface area contributed by atoms with Crippen LogP contribution in [0, 0.1) is 6.92 Å². The Hall–Kier alpha value is -3.25. The first-order valence-electron chi connectivity index (χ1n) is 9.02. The van der Waals surface area contributed by atoms with Gasteiger partial charge in [-0.25, -0.2) is 0 Å². The summed E-state index contributed by atoms with van der Waals surface area (Å²) in [6.07, 6.45) is 1.60. The topological polar surface area (TPSA) is 70.5 Å². The Labute approximate surface area is 176 Å². The van der Waals surface area contributed by atoms with Crippen molar-refractivity contribution in [3.63, 3.8) is 0 Å². The number of anilines is 1. The fourth-order valence-electron chi connectivity index (χ4n) is 3.50. The van der Waals surface area contributed by atoms with Gasteiger partial charge in [0.15, 0.2) is 0 Å². The van der Waals surface area contributed by atoms with E-state index >= 15 is 0 Å². The second kappa shape index (κ2) is 7.64. The average Bonchev–Trinajstić information content (AvgIpc) is 3.00. The molecule has 29 heavy (non-hydrogen) atoms. The number of carbonyl (C=O) groups excluding carboxylic acids is 2. The number of aryl methyl sites for hydroxylation is 1. The Bertz CT molecular complexity index is 1120. The maximum atomic E-state index is 13.0. The predicted molar refractivity (Wildman–Crippen MR) is 114 cm³/mol. The number of hydrogen-bond donors (Lipinski definition) is 1. The number of carbonyl (C=O) groups is 2. The van der Waals surface area contributed by atoms with Gasteiger partial charge in [0.25, 0.3) is 11.7 Å². The maximum absolute atomic E-state index is 13.0. The summed E-state index contributed by atoms with van der Waals surface area (Å²) < 4.78 is 0.843. The first-order valence-corrected chi connectivity index (χ1v) is 9.82. The summed E-state index contributed by atoms with van der Waals surface area (Å²) in [6, 6.07) is 18.7. The minimum absolute atomic E-state index is 0.0271. The van der Waals surface area contributed by atoms with Crippen LogP contribution < -0.4 is 4.90 Å². The number of amides is 1. The summed E-state index contributed by atoms with van der Waals surface area (Å²) in [4.78, 5) is 31.9. The van der Waals surface area contributed by atoms with Crippen molar-refractivity contribution in [2.75, 3.05) is 4.90 Å². The summed E-state index contributed by atoms with van der Waals surface area (Å²) in [5, 5.41) is 11.0. The largest absolute Gasteiger partial charge is 0.507 e. The van der Waals surface area contributed by atoms with Crippen LogP contribution in [0.2, 0.25) is 0 Å². The zero-order valence-electron chi connectivity index (χ0n) is 15.5. The third kappa shape index (κ3) is 3.36. The number of aliphatic hydroxyl groups is 1. The zero-order valence-corrected chi connectivity index (χ0v) is 17.1. The van der Waals surface area contributed by atoms with E-state index in [1.807, 2.05) is 25.1 Å². The van der Waals surface area contributed by atoms with E-state index in [0.29, 0.717) is 16.9 Å². The Morgan fingerprint density at radius 3 is 2.34 bits per heavy atom. The fraction of sp³-hybridized carbons (Fsp3) is 0.0870. The summed E-state index contributed by atoms with van der Waals surface area (Å²) >= 11 is 3.36. The lowest BCUT2D eigenvalue weighted by atomic mass is 9.98. The van der Waals surface area contributed by atoms with Crippen molar-refractivity contribution in [3.8, 4) is 0 Å². The van der Waals surface area contributed by atoms with Crippen molar-refractivity contribution in [2.24, 2.45) is 0 Å². The molecule has 1 unspecified atom stereocenters. The fourth-order valence-corrected chi connectivity index (χ4v) is 3.76. The molecule has 1 aliphatic rings. The van der Waals surface area contributed by atoms with Crippen LogP contribution in [0.1, 0.15) is 22.9 Å². The number of para-hydroxylation sites is 1. The van der Waals surface area contributed by atoms with E-state index < -0.39 is 17.7 Å². The highest BCUT2D eigenvalue weighted by Crippen LogP contribution is 2.42. The van der Waals surface area contributed by atoms with Crippen LogP contribution in [0.3, 0.4) is 0 Å². The van der Waals surface area contributed by atoms with Crippen LogP contribution in [-0.4, -0.2) is 21.8 Å². The first-order chi connectivity index (χ1) is 14.0. The lowest BCUT2D eigenvalue weighted by Gasteiger charge is -2.26. The highest BCUT2D eigenvalue weighted by atomic mass is 79.9. The molecule has 0 aliphatic carbocycles. The van der Waals surface area contributed by atoms with Gasteiger partial charge in [-0.1, -0.05) is 52.3 Å². The number of hydrogen-bond acceptors (Lipinski definition) is 4. The standard InChI is InChI=1S/C23H17BrN2O3/c1-14-6-2-3-8-18(14)26-20(17-7-4-5-13-25-17)19(22(28)23(26)29)21(27)15-9-11-16(24)12-10-15/h2-13,20,27H,1H3/b21-19-. The lowest BCUT2D eigenvalue weighted by molar-refractivity contribution is -0.132. The van der Waals surface area contributed by atoms with Crippen LogP contribution in [0.15, 0.2) is 83.0 Å². The second-order valence-electron chi connectivity index (χ2n) is 6.72. The van der Waals surface area contributed by atoms with Crippen molar-refractivity contribution in [3.05, 3.63) is 99.8 Å². The minimum atomic E-state index is -0.819. The van der Waals surface area contributed by atoms with Crippen molar-refractivity contribution >= 4 is 39.1 Å². The van der Waals surface area contributed by atoms with E-state index in [4.69, 9.17) is 0 Å². The summed E-state index contributed by atoms with van der Waals surface area (Å²) in [5.41, 5.74) is 2.45. The monoisotopic (exact) mass is 448 g/mol. The molecule has 2 aromatic carbocycles. The first kappa shape index (κ1) is 19.1. The van der Waals surface area contributed by atoms with Gasteiger partial charge in [-0.3, -0.25) is 19.5 Å². The van der Waals surface area contributed by atoms with Gasteiger partial charge in [0.1, 0.15) is 11.8 Å². The molecule has 1 atom stereocenters. The maximum Gasteiger partial charge on any atom is 0.300 e. The Kier molecular flexibility index (Phi) is 5.03. The molecule has 3 aromatic rings. The molecule has 1 saturated heterocycles. The van der Waals surface area contributed by atoms with Crippen LogP contribution in [0.5, 0.6) is 0 Å². The number of aromatic nitrogens is 1. The third-order valence-electron chi connectivity index (χ3n) is 4.90. The number of pyridine rings is 1. The Morgan fingerprint density at radius 2 is 1.69 bits per heavy atom. The number of halogens is 1. The van der Waals surface area contributed by atoms with E-state index in [1.165, 1.54) is 4.90 Å². The van der Waals surface area contributed by atoms with Gasteiger partial charge < -0.3 is 5.11 Å². The number of aliphatic hydroxyl groups excluding tert-OH is 1. The highest BCUT2D eigenvalue weighted by molar-refractivity contribution is 9.10. The van der Waals surface area contributed by atoms with Gasteiger partial charge in [0, 0.05) is 21.9 Å². The second-order valence-corrected chi connectivity index (χ2v) is 7.63. The quantitative estimate of drug-likeness (QED) is 0.355. The van der Waals surface area contributed by atoms with Gasteiger partial charge in [0.2, 0.25) is 0 Å². The Balaban J connectivity index is 1.96. The van der Waals surface area contributed by atoms with E-state index in [0.717, 1.165) is 10.0 Å². The molecule has 1 amide bonds. The number of benzene rings is 2. The third-order valence-corrected chi connectivity index (χ3v) is 5.43. The van der Waals surface area contributed by atoms with Crippen molar-refractivity contribution in [2.45, 2.75) is 13.0 Å². The minimum Gasteiger partial charge on any atom is -0.507 e. The van der Waals surface area contributed by atoms with Crippen LogP contribution in [0.4, 0.5) is 5.69 Å². The summed E-state index contributed by atoms with van der Waals surface area (Å²) in [5.74, 6) is -1.64. The Morgan fingerprint density at radius 1 is 1.00 bits per heavy atom. The predicted octanol–water partition coefficient (Wildman–Crippen LogP) is 4.78. The SMILES string of the molecule is Cc1ccccc1N1C(=O)C(=O)/C(=C(\O)c2ccc(Br)cc2)C1c1ccccn1. The van der Waals surface area contributed by atoms with Crippen molar-refractivity contribution in [1.29, 1.82) is 0 Å².